The predicted octanol–water partition coefficient (Wildman–Crippen LogP) is -0.800. The largest absolute Gasteiger partial charge is 0.356 e. The number of alkyl halides is 1. The van der Waals surface area contributed by atoms with Crippen LogP contribution in [0, 0.1) is 5.41 Å². The van der Waals surface area contributed by atoms with Crippen molar-refractivity contribution in [3.05, 3.63) is 11.9 Å². The molecule has 9 nitrogen and oxygen atoms in total. The normalized spacial score (nSPS) is 23.9. The topological polar surface area (TPSA) is 130 Å². The van der Waals surface area contributed by atoms with Gasteiger partial charge in [0, 0.05) is 36.5 Å². The molecule has 1 unspecified atom stereocenters. The predicted molar refractivity (Wildman–Crippen MR) is 85.5 cm³/mol. The number of nitrogens with two attached hydrogens (primary N) is 1. The number of halogens is 1. The zero-order valence-electron chi connectivity index (χ0n) is 12.2. The van der Waals surface area contributed by atoms with Gasteiger partial charge in [0.05, 0.1) is 6.42 Å². The highest BCUT2D eigenvalue weighted by atomic mass is 35.5. The minimum Gasteiger partial charge on any atom is -0.356 e. The fourth-order valence-electron chi connectivity index (χ4n) is 2.95. The summed E-state index contributed by atoms with van der Waals surface area (Å²) in [6.45, 7) is 1.35. The summed E-state index contributed by atoms with van der Waals surface area (Å²) in [6, 6.07) is 0. The van der Waals surface area contributed by atoms with Crippen LogP contribution >= 0.6 is 11.6 Å². The molecule has 3 heterocycles. The molecule has 0 aromatic carbocycles. The number of aromatic nitrogens is 2. The van der Waals surface area contributed by atoms with Gasteiger partial charge in [-0.2, -0.15) is 8.42 Å². The smallest absolute Gasteiger partial charge is 0.274 e. The average molecular weight is 361 g/mol. The maximum absolute atomic E-state index is 11.6. The van der Waals surface area contributed by atoms with Gasteiger partial charge in [-0.3, -0.25) is 4.79 Å². The van der Waals surface area contributed by atoms with Crippen molar-refractivity contribution in [2.45, 2.75) is 12.8 Å². The van der Waals surface area contributed by atoms with E-state index in [-0.39, 0.29) is 24.8 Å². The second kappa shape index (κ2) is 5.86. The molecule has 0 spiro atoms. The average Bonchev–Trinajstić information content (AvgIpc) is 3.07. The molecule has 1 saturated heterocycles. The molecule has 126 valence electrons. The molecule has 3 rings (SSSR count). The zero-order valence-corrected chi connectivity index (χ0v) is 13.8. The maximum Gasteiger partial charge on any atom is 0.274 e. The van der Waals surface area contributed by atoms with Crippen LogP contribution in [-0.2, 0) is 21.4 Å². The van der Waals surface area contributed by atoms with Gasteiger partial charge in [-0.05, 0) is 6.42 Å². The number of hydrogen-bond donors (Lipinski definition) is 3. The monoisotopic (exact) mass is 360 g/mol. The Hall–Kier alpha value is -1.49. The highest BCUT2D eigenvalue weighted by molar-refractivity contribution is 7.87. The lowest BCUT2D eigenvalue weighted by atomic mass is 9.90. The second-order valence-corrected chi connectivity index (χ2v) is 7.57. The first-order chi connectivity index (χ1) is 10.8. The van der Waals surface area contributed by atoms with Gasteiger partial charge >= 0.3 is 0 Å². The van der Waals surface area contributed by atoms with Crippen LogP contribution in [-0.4, -0.2) is 49.8 Å². The Bertz CT molecular complexity index is 742. The molecule has 1 aromatic rings. The molecule has 2 aliphatic rings. The van der Waals surface area contributed by atoms with Crippen LogP contribution in [0.15, 0.2) is 6.33 Å². The molecule has 11 heteroatoms. The fraction of sp³-hybridized carbons (Fsp3) is 0.583. The molecule has 4 N–H and O–H groups in total. The number of amides is 1. The summed E-state index contributed by atoms with van der Waals surface area (Å²) >= 11 is 6.09. The molecular weight excluding hydrogens is 344 g/mol. The van der Waals surface area contributed by atoms with Crippen molar-refractivity contribution in [1.29, 1.82) is 0 Å². The molecule has 0 bridgehead atoms. The van der Waals surface area contributed by atoms with Crippen LogP contribution in [0.2, 0.25) is 0 Å². The highest BCUT2D eigenvalue weighted by Gasteiger charge is 2.40. The molecule has 0 saturated carbocycles. The number of carbonyl (C=O) groups is 1. The third-order valence-corrected chi connectivity index (χ3v) is 5.30. The molecule has 1 aromatic heterocycles. The van der Waals surface area contributed by atoms with Gasteiger partial charge in [0.1, 0.15) is 18.0 Å². The zero-order chi connectivity index (χ0) is 16.7. The number of anilines is 2. The highest BCUT2D eigenvalue weighted by Crippen LogP contribution is 2.37. The first-order valence-electron chi connectivity index (χ1n) is 7.04. The summed E-state index contributed by atoms with van der Waals surface area (Å²) in [5.41, 5.74) is 0.337. The van der Waals surface area contributed by atoms with Crippen LogP contribution in [0.5, 0.6) is 0 Å². The van der Waals surface area contributed by atoms with Crippen molar-refractivity contribution in [3.63, 3.8) is 0 Å². The Balaban J connectivity index is 1.80. The fourth-order valence-corrected chi connectivity index (χ4v) is 3.77. The molecule has 2 aliphatic heterocycles. The van der Waals surface area contributed by atoms with Crippen LogP contribution < -0.4 is 20.1 Å². The van der Waals surface area contributed by atoms with Gasteiger partial charge < -0.3 is 10.2 Å². The van der Waals surface area contributed by atoms with Crippen molar-refractivity contribution in [2.75, 3.05) is 35.7 Å². The molecule has 1 amide bonds. The lowest BCUT2D eigenvalue weighted by Crippen LogP contribution is -2.43. The maximum atomic E-state index is 11.6. The number of nitrogens with zero attached hydrogens (tertiary/aromatic N) is 3. The van der Waals surface area contributed by atoms with E-state index in [2.05, 4.69) is 20.0 Å². The number of carbonyl (C=O) groups excluding carboxylic acids is 1. The minimum atomic E-state index is -3.77. The Labute approximate surface area is 138 Å². The van der Waals surface area contributed by atoms with E-state index in [4.69, 9.17) is 16.7 Å². The molecule has 0 radical (unpaired) electrons. The van der Waals surface area contributed by atoms with Crippen LogP contribution in [0.1, 0.15) is 12.0 Å². The minimum absolute atomic E-state index is 0.111. The van der Waals surface area contributed by atoms with Crippen LogP contribution in [0.4, 0.5) is 11.6 Å². The van der Waals surface area contributed by atoms with Gasteiger partial charge in [-0.25, -0.2) is 19.8 Å². The van der Waals surface area contributed by atoms with E-state index >= 15 is 0 Å². The SMILES string of the molecule is NS(=O)(=O)NCC1(CCl)CCN(c2ncnc3c2CC(=O)N3)C1. The first kappa shape index (κ1) is 16.4. The Morgan fingerprint density at radius 1 is 1.48 bits per heavy atom. The molecule has 1 atom stereocenters. The number of fused-ring (bicyclic) bond motifs is 1. The van der Waals surface area contributed by atoms with E-state index in [0.717, 1.165) is 5.56 Å². The van der Waals surface area contributed by atoms with Gasteiger partial charge in [0.2, 0.25) is 5.91 Å². The van der Waals surface area contributed by atoms with E-state index in [1.165, 1.54) is 6.33 Å². The van der Waals surface area contributed by atoms with Crippen molar-refractivity contribution in [1.82, 2.24) is 14.7 Å². The Morgan fingerprint density at radius 3 is 2.96 bits per heavy atom. The summed E-state index contributed by atoms with van der Waals surface area (Å²) in [4.78, 5) is 21.9. The number of hydrogen-bond acceptors (Lipinski definition) is 6. The lowest BCUT2D eigenvalue weighted by molar-refractivity contribution is -0.115. The molecule has 1 fully saturated rings. The summed E-state index contributed by atoms with van der Waals surface area (Å²) < 4.78 is 24.6. The number of rotatable bonds is 5. The summed E-state index contributed by atoms with van der Waals surface area (Å²) in [7, 11) is -3.77. The summed E-state index contributed by atoms with van der Waals surface area (Å²) in [5, 5.41) is 7.69. The lowest BCUT2D eigenvalue weighted by Gasteiger charge is -2.27. The molecule has 0 aliphatic carbocycles. The summed E-state index contributed by atoms with van der Waals surface area (Å²) in [6.07, 6.45) is 2.34. The van der Waals surface area contributed by atoms with Gasteiger partial charge in [0.15, 0.2) is 0 Å². The molecule has 23 heavy (non-hydrogen) atoms. The Kier molecular flexibility index (Phi) is 4.17. The second-order valence-electron chi connectivity index (χ2n) is 5.92. The number of nitrogens with one attached hydrogen (secondary N) is 2. The third-order valence-electron chi connectivity index (χ3n) is 4.19. The van der Waals surface area contributed by atoms with Crippen molar-refractivity contribution >= 4 is 39.4 Å². The van der Waals surface area contributed by atoms with Gasteiger partial charge in [0.25, 0.3) is 10.2 Å². The Morgan fingerprint density at radius 2 is 2.26 bits per heavy atom. The standard InChI is InChI=1S/C12H17ClN6O3S/c13-4-12(5-17-23(14,21)22)1-2-19(6-12)11-8-3-9(20)18-10(8)15-7-16-11/h7,17H,1-6H2,(H2,14,21,22)(H,15,16,18,20). The quantitative estimate of drug-likeness (QED) is 0.589. The van der Waals surface area contributed by atoms with Crippen LogP contribution in [0.25, 0.3) is 0 Å². The third kappa shape index (κ3) is 3.39. The molecular formula is C12H17ClN6O3S. The first-order valence-corrected chi connectivity index (χ1v) is 9.12. The van der Waals surface area contributed by atoms with E-state index in [1.807, 2.05) is 4.90 Å². The van der Waals surface area contributed by atoms with Crippen molar-refractivity contribution in [3.8, 4) is 0 Å². The van der Waals surface area contributed by atoms with E-state index in [9.17, 15) is 13.2 Å². The van der Waals surface area contributed by atoms with Crippen molar-refractivity contribution in [2.24, 2.45) is 10.6 Å². The van der Waals surface area contributed by atoms with Gasteiger partial charge in [-0.15, -0.1) is 11.6 Å². The van der Waals surface area contributed by atoms with Crippen LogP contribution in [0.3, 0.4) is 0 Å². The van der Waals surface area contributed by atoms with E-state index in [1.54, 1.807) is 0 Å². The van der Waals surface area contributed by atoms with E-state index < -0.39 is 15.6 Å². The van der Waals surface area contributed by atoms with E-state index in [0.29, 0.717) is 31.1 Å². The van der Waals surface area contributed by atoms with Crippen molar-refractivity contribution < 1.29 is 13.2 Å². The van der Waals surface area contributed by atoms with Gasteiger partial charge in [-0.1, -0.05) is 0 Å². The summed E-state index contributed by atoms with van der Waals surface area (Å²) in [5.74, 6) is 1.40.